The van der Waals surface area contributed by atoms with Gasteiger partial charge >= 0.3 is 0 Å². The van der Waals surface area contributed by atoms with Crippen molar-refractivity contribution in [2.24, 2.45) is 13.0 Å². The molecular formula is C48H54Cl2N8O4. The number of anilines is 1. The van der Waals surface area contributed by atoms with Crippen LogP contribution in [0, 0.1) is 33.6 Å². The molecule has 12 nitrogen and oxygen atoms in total. The molecule has 62 heavy (non-hydrogen) atoms. The fraction of sp³-hybridized carbons (Fsp3) is 0.417. The van der Waals surface area contributed by atoms with Gasteiger partial charge in [0.1, 0.15) is 17.8 Å². The van der Waals surface area contributed by atoms with Crippen molar-refractivity contribution in [3.8, 4) is 28.3 Å². The van der Waals surface area contributed by atoms with Crippen LogP contribution in [0.1, 0.15) is 70.8 Å². The van der Waals surface area contributed by atoms with Crippen molar-refractivity contribution in [1.82, 2.24) is 33.7 Å². The van der Waals surface area contributed by atoms with Gasteiger partial charge in [-0.1, -0.05) is 29.3 Å². The molecule has 7 aromatic rings. The third-order valence-corrected chi connectivity index (χ3v) is 13.7. The fourth-order valence-corrected chi connectivity index (χ4v) is 10.0. The van der Waals surface area contributed by atoms with Crippen LogP contribution >= 0.6 is 23.2 Å². The van der Waals surface area contributed by atoms with E-state index in [1.54, 1.807) is 7.11 Å². The van der Waals surface area contributed by atoms with Crippen LogP contribution in [0.2, 0.25) is 10.0 Å². The van der Waals surface area contributed by atoms with Crippen LogP contribution < -0.4 is 9.64 Å². The second-order valence-electron chi connectivity index (χ2n) is 17.1. The number of hydrogen-bond donors (Lipinski definition) is 0. The summed E-state index contributed by atoms with van der Waals surface area (Å²) in [4.78, 5) is 22.3. The molecule has 1 fully saturated rings. The summed E-state index contributed by atoms with van der Waals surface area (Å²) < 4.78 is 25.7. The summed E-state index contributed by atoms with van der Waals surface area (Å²) in [6.07, 6.45) is 7.28. The minimum Gasteiger partial charge on any atom is -0.494 e. The molecule has 2 aliphatic heterocycles. The van der Waals surface area contributed by atoms with E-state index in [0.717, 1.165) is 116 Å². The van der Waals surface area contributed by atoms with E-state index >= 15 is 4.79 Å². The maximum Gasteiger partial charge on any atom is 0.275 e. The number of aryl methyl sites for hydroxylation is 5. The Bertz CT molecular complexity index is 2810. The van der Waals surface area contributed by atoms with Gasteiger partial charge in [-0.15, -0.1) is 0 Å². The van der Waals surface area contributed by atoms with Crippen LogP contribution in [0.4, 0.5) is 5.69 Å². The first kappa shape index (κ1) is 42.2. The van der Waals surface area contributed by atoms with Crippen molar-refractivity contribution in [3.63, 3.8) is 0 Å². The summed E-state index contributed by atoms with van der Waals surface area (Å²) in [6, 6.07) is 14.2. The zero-order valence-corrected chi connectivity index (χ0v) is 38.1. The minimum atomic E-state index is -0.104. The van der Waals surface area contributed by atoms with E-state index in [9.17, 15) is 0 Å². The van der Waals surface area contributed by atoms with Gasteiger partial charge in [-0.2, -0.15) is 10.2 Å². The smallest absolute Gasteiger partial charge is 0.275 e. The Morgan fingerprint density at radius 1 is 0.935 bits per heavy atom. The van der Waals surface area contributed by atoms with E-state index in [1.807, 2.05) is 66.6 Å². The first-order valence-corrected chi connectivity index (χ1v) is 22.4. The molecule has 1 atom stereocenters. The molecule has 0 saturated carbocycles. The van der Waals surface area contributed by atoms with Crippen molar-refractivity contribution >= 4 is 56.6 Å². The first-order valence-electron chi connectivity index (χ1n) is 21.6. The molecule has 0 aliphatic carbocycles. The van der Waals surface area contributed by atoms with Crippen molar-refractivity contribution in [2.45, 2.75) is 79.4 Å². The maximum absolute atomic E-state index is 15.5. The molecule has 0 N–H and O–H groups in total. The second kappa shape index (κ2) is 17.2. The van der Waals surface area contributed by atoms with Gasteiger partial charge in [-0.3, -0.25) is 14.2 Å². The molecule has 0 bridgehead atoms. The molecule has 6 heterocycles. The van der Waals surface area contributed by atoms with Crippen molar-refractivity contribution in [3.05, 3.63) is 98.8 Å². The number of amides is 1. The zero-order chi connectivity index (χ0) is 43.4. The van der Waals surface area contributed by atoms with E-state index in [2.05, 4.69) is 53.4 Å². The number of ether oxygens (including phenoxy) is 3. The summed E-state index contributed by atoms with van der Waals surface area (Å²) in [7, 11) is 3.66. The van der Waals surface area contributed by atoms with Crippen molar-refractivity contribution in [1.29, 1.82) is 0 Å². The first-order chi connectivity index (χ1) is 29.9. The highest BCUT2D eigenvalue weighted by Crippen LogP contribution is 2.46. The quantitative estimate of drug-likeness (QED) is 0.106. The highest BCUT2D eigenvalue weighted by molar-refractivity contribution is 6.35. The molecule has 1 unspecified atom stereocenters. The van der Waals surface area contributed by atoms with E-state index < -0.39 is 0 Å². The summed E-state index contributed by atoms with van der Waals surface area (Å²) in [5.74, 6) is 1.90. The number of fused-ring (bicyclic) bond motifs is 4. The number of halogens is 2. The Morgan fingerprint density at radius 3 is 2.44 bits per heavy atom. The largest absolute Gasteiger partial charge is 0.494 e. The molecule has 9 rings (SSSR count). The van der Waals surface area contributed by atoms with Gasteiger partial charge < -0.3 is 28.2 Å². The summed E-state index contributed by atoms with van der Waals surface area (Å²) >= 11 is 13.7. The molecule has 1 amide bonds. The molecule has 4 aromatic heterocycles. The van der Waals surface area contributed by atoms with Crippen LogP contribution in [0.5, 0.6) is 5.75 Å². The summed E-state index contributed by atoms with van der Waals surface area (Å²) in [5, 5.41) is 13.0. The highest BCUT2D eigenvalue weighted by atomic mass is 35.5. The van der Waals surface area contributed by atoms with Gasteiger partial charge in [0.15, 0.2) is 5.82 Å². The molecule has 14 heteroatoms. The van der Waals surface area contributed by atoms with E-state index in [1.165, 1.54) is 0 Å². The zero-order valence-electron chi connectivity index (χ0n) is 36.6. The topological polar surface area (TPSA) is 106 Å². The number of aromatic nitrogens is 7. The van der Waals surface area contributed by atoms with Crippen LogP contribution in [-0.4, -0.2) is 79.7 Å². The Kier molecular flexibility index (Phi) is 11.7. The van der Waals surface area contributed by atoms with Crippen LogP contribution in [0.25, 0.3) is 44.3 Å². The van der Waals surface area contributed by atoms with Gasteiger partial charge in [0.25, 0.3) is 5.91 Å². The molecule has 324 valence electrons. The predicted octanol–water partition coefficient (Wildman–Crippen LogP) is 10.1. The minimum absolute atomic E-state index is 0.0593. The lowest BCUT2D eigenvalue weighted by atomic mass is 9.98. The van der Waals surface area contributed by atoms with Crippen LogP contribution in [0.15, 0.2) is 55.0 Å². The monoisotopic (exact) mass is 876 g/mol. The predicted molar refractivity (Wildman–Crippen MR) is 246 cm³/mol. The van der Waals surface area contributed by atoms with Crippen molar-refractivity contribution in [2.75, 3.05) is 45.0 Å². The lowest BCUT2D eigenvalue weighted by Gasteiger charge is -2.34. The Morgan fingerprint density at radius 2 is 1.71 bits per heavy atom. The number of nitrogens with zero attached hydrogens (tertiary/aromatic N) is 8. The third-order valence-electron chi connectivity index (χ3n) is 12.8. The second-order valence-corrected chi connectivity index (χ2v) is 17.8. The molecule has 2 aliphatic rings. The maximum atomic E-state index is 15.5. The number of rotatable bonds is 13. The van der Waals surface area contributed by atoms with Gasteiger partial charge in [0.2, 0.25) is 0 Å². The van der Waals surface area contributed by atoms with Gasteiger partial charge in [-0.05, 0) is 119 Å². The van der Waals surface area contributed by atoms with Crippen molar-refractivity contribution < 1.29 is 19.0 Å². The SMILES string of the molecule is COCCn1cc(N2CC(C)n3c(c(CCCOc4cc(C)c(Cl)c(C)c4)c4ccc(Cl)c(-c5c(C)nn(C)c5C)c43)C2=O)c2cc(-c3ncn(CC4CCOCC4)n3)ccc21. The highest BCUT2D eigenvalue weighted by Gasteiger charge is 2.38. The molecule has 1 saturated heterocycles. The Balaban J connectivity index is 1.14. The lowest BCUT2D eigenvalue weighted by Crippen LogP contribution is -2.42. The van der Waals surface area contributed by atoms with E-state index in [0.29, 0.717) is 61.6 Å². The fourth-order valence-electron chi connectivity index (χ4n) is 9.65. The number of hydrogen-bond acceptors (Lipinski definition) is 7. The molecule has 3 aromatic carbocycles. The van der Waals surface area contributed by atoms with Gasteiger partial charge in [-0.25, -0.2) is 4.98 Å². The normalized spacial score (nSPS) is 16.0. The summed E-state index contributed by atoms with van der Waals surface area (Å²) in [5.41, 5.74) is 11.1. The summed E-state index contributed by atoms with van der Waals surface area (Å²) in [6.45, 7) is 14.7. The number of carbonyl (C=O) groups excluding carboxylic acids is 1. The number of benzene rings is 3. The van der Waals surface area contributed by atoms with Crippen LogP contribution in [0.3, 0.4) is 0 Å². The standard InChI is InChI=1S/C48H54Cl2N8O4/c1-28-21-35(22-29(2)44(28)50)62-17-8-9-36-37-11-12-39(49)43(42-31(4)52-54(6)32(42)5)45(37)58-30(3)24-57(48(59)46(36)58)41-26-55(16-20-60-7)40-13-10-34(23-38(40)41)47-51-27-56(53-47)25-33-14-18-61-19-15-33/h10-13,21-23,26-27,30,33H,8-9,14-20,24-25H2,1-7H3. The Labute approximate surface area is 372 Å². The molecular weight excluding hydrogens is 823 g/mol. The molecule has 0 spiro atoms. The third kappa shape index (κ3) is 7.58. The average Bonchev–Trinajstić information content (AvgIpc) is 4.02. The number of methoxy groups -OCH3 is 1. The van der Waals surface area contributed by atoms with E-state index in [4.69, 9.17) is 52.6 Å². The van der Waals surface area contributed by atoms with Crippen LogP contribution in [-0.2, 0) is 36.0 Å². The Hall–Kier alpha value is -5.14. The lowest BCUT2D eigenvalue weighted by molar-refractivity contribution is 0.0601. The van der Waals surface area contributed by atoms with Gasteiger partial charge in [0.05, 0.1) is 40.7 Å². The van der Waals surface area contributed by atoms with Gasteiger partial charge in [0, 0.05) is 97.4 Å². The average molecular weight is 878 g/mol. The number of carbonyl (C=O) groups is 1. The van der Waals surface area contributed by atoms with E-state index in [-0.39, 0.29) is 11.9 Å². The molecule has 0 radical (unpaired) electrons.